The molecule has 2 N–H and O–H groups in total. The molecule has 0 saturated carbocycles. The fraction of sp³-hybridized carbons (Fsp3) is 0.278. The minimum Gasteiger partial charge on any atom is -0.368 e. The molecule has 0 atom stereocenters. The Kier molecular flexibility index (Phi) is 5.05. The monoisotopic (exact) mass is 340 g/mol. The van der Waals surface area contributed by atoms with Crippen LogP contribution in [0.1, 0.15) is 13.8 Å². The van der Waals surface area contributed by atoms with Gasteiger partial charge in [-0.2, -0.15) is 0 Å². The topological polar surface area (TPSA) is 66.9 Å². The minimum atomic E-state index is 0.000983. The number of nitrogens with zero attached hydrogens (tertiary/aromatic N) is 2. The van der Waals surface area contributed by atoms with Crippen molar-refractivity contribution < 1.29 is 4.79 Å². The highest BCUT2D eigenvalue weighted by molar-refractivity contribution is 7.21. The normalized spacial score (nSPS) is 11.0. The van der Waals surface area contributed by atoms with Crippen molar-refractivity contribution in [3.05, 3.63) is 42.7 Å². The summed E-state index contributed by atoms with van der Waals surface area (Å²) in [6.07, 6.45) is 1.57. The van der Waals surface area contributed by atoms with Crippen molar-refractivity contribution in [3.63, 3.8) is 0 Å². The maximum atomic E-state index is 11.6. The van der Waals surface area contributed by atoms with Gasteiger partial charge in [-0.05, 0) is 11.6 Å². The first kappa shape index (κ1) is 16.4. The second-order valence-corrected chi connectivity index (χ2v) is 6.82. The summed E-state index contributed by atoms with van der Waals surface area (Å²) >= 11 is 1.65. The second-order valence-electron chi connectivity index (χ2n) is 5.79. The van der Waals surface area contributed by atoms with Gasteiger partial charge >= 0.3 is 0 Å². The van der Waals surface area contributed by atoms with Crippen LogP contribution in [0.5, 0.6) is 0 Å². The number of fused-ring (bicyclic) bond motifs is 1. The Morgan fingerprint density at radius 2 is 1.96 bits per heavy atom. The van der Waals surface area contributed by atoms with E-state index in [1.165, 1.54) is 10.4 Å². The van der Waals surface area contributed by atoms with Crippen LogP contribution < -0.4 is 10.6 Å². The first-order valence-electron chi connectivity index (χ1n) is 7.96. The van der Waals surface area contributed by atoms with Crippen molar-refractivity contribution >= 4 is 33.3 Å². The summed E-state index contributed by atoms with van der Waals surface area (Å²) in [5.74, 6) is 0.866. The fourth-order valence-corrected chi connectivity index (χ4v) is 3.32. The Bertz CT molecular complexity index is 829. The predicted octanol–water partition coefficient (Wildman–Crippen LogP) is 3.54. The number of hydrogen-bond donors (Lipinski definition) is 2. The molecule has 1 aromatic carbocycles. The van der Waals surface area contributed by atoms with Crippen LogP contribution in [0.25, 0.3) is 20.7 Å². The standard InChI is InChI=1S/C18H20N4OS/c1-12(2)17(23)20-9-8-19-16-14-10-15(13-6-4-3-5-7-13)24-18(14)22-11-21-16/h3-7,10-12H,8-9H2,1-2H3,(H,20,23)(H,19,21,22). The Morgan fingerprint density at radius 1 is 1.17 bits per heavy atom. The maximum Gasteiger partial charge on any atom is 0.222 e. The van der Waals surface area contributed by atoms with Gasteiger partial charge in [-0.25, -0.2) is 9.97 Å². The summed E-state index contributed by atoms with van der Waals surface area (Å²) in [7, 11) is 0. The van der Waals surface area contributed by atoms with E-state index in [2.05, 4.69) is 38.8 Å². The van der Waals surface area contributed by atoms with Crippen LogP contribution in [-0.2, 0) is 4.79 Å². The second kappa shape index (κ2) is 7.40. The van der Waals surface area contributed by atoms with Crippen molar-refractivity contribution in [1.82, 2.24) is 15.3 Å². The minimum absolute atomic E-state index is 0.000983. The predicted molar refractivity (Wildman–Crippen MR) is 99.2 cm³/mol. The zero-order valence-corrected chi connectivity index (χ0v) is 14.6. The molecular formula is C18H20N4OS. The van der Waals surface area contributed by atoms with Crippen LogP contribution in [0.2, 0.25) is 0 Å². The van der Waals surface area contributed by atoms with E-state index in [1.807, 2.05) is 32.0 Å². The highest BCUT2D eigenvalue weighted by atomic mass is 32.1. The van der Waals surface area contributed by atoms with E-state index in [1.54, 1.807) is 17.7 Å². The number of benzene rings is 1. The van der Waals surface area contributed by atoms with Gasteiger partial charge in [0.25, 0.3) is 0 Å². The first-order valence-corrected chi connectivity index (χ1v) is 8.78. The van der Waals surface area contributed by atoms with Crippen molar-refractivity contribution in [1.29, 1.82) is 0 Å². The van der Waals surface area contributed by atoms with Gasteiger partial charge in [0.2, 0.25) is 5.91 Å². The number of carbonyl (C=O) groups is 1. The van der Waals surface area contributed by atoms with Crippen molar-refractivity contribution in [2.45, 2.75) is 13.8 Å². The molecule has 5 nitrogen and oxygen atoms in total. The smallest absolute Gasteiger partial charge is 0.222 e. The van der Waals surface area contributed by atoms with Crippen LogP contribution in [0.4, 0.5) is 5.82 Å². The fourth-order valence-electron chi connectivity index (χ4n) is 2.31. The lowest BCUT2D eigenvalue weighted by molar-refractivity contribution is -0.123. The van der Waals surface area contributed by atoms with Gasteiger partial charge in [0.05, 0.1) is 5.39 Å². The van der Waals surface area contributed by atoms with E-state index < -0.39 is 0 Å². The first-order chi connectivity index (χ1) is 11.6. The molecule has 24 heavy (non-hydrogen) atoms. The van der Waals surface area contributed by atoms with Crippen molar-refractivity contribution in [2.75, 3.05) is 18.4 Å². The summed E-state index contributed by atoms with van der Waals surface area (Å²) in [5.41, 5.74) is 1.18. The molecule has 0 saturated heterocycles. The van der Waals surface area contributed by atoms with Gasteiger partial charge in [-0.15, -0.1) is 11.3 Å². The number of rotatable bonds is 6. The van der Waals surface area contributed by atoms with Gasteiger partial charge in [0.1, 0.15) is 17.0 Å². The van der Waals surface area contributed by atoms with Crippen molar-refractivity contribution in [3.8, 4) is 10.4 Å². The quantitative estimate of drug-likeness (QED) is 0.674. The lowest BCUT2D eigenvalue weighted by atomic mass is 10.2. The van der Waals surface area contributed by atoms with E-state index in [9.17, 15) is 4.79 Å². The molecule has 0 bridgehead atoms. The highest BCUT2D eigenvalue weighted by Crippen LogP contribution is 2.34. The van der Waals surface area contributed by atoms with E-state index in [-0.39, 0.29) is 11.8 Å². The van der Waals surface area contributed by atoms with Gasteiger partial charge in [0, 0.05) is 23.9 Å². The third kappa shape index (κ3) is 3.71. The van der Waals surface area contributed by atoms with E-state index >= 15 is 0 Å². The number of aromatic nitrogens is 2. The zero-order chi connectivity index (χ0) is 16.9. The molecule has 124 valence electrons. The Labute approximate surface area is 145 Å². The summed E-state index contributed by atoms with van der Waals surface area (Å²) in [6.45, 7) is 4.96. The van der Waals surface area contributed by atoms with Crippen molar-refractivity contribution in [2.24, 2.45) is 5.92 Å². The molecule has 3 rings (SSSR count). The molecule has 0 aliphatic rings. The molecule has 0 aliphatic carbocycles. The lowest BCUT2D eigenvalue weighted by Crippen LogP contribution is -2.32. The highest BCUT2D eigenvalue weighted by Gasteiger charge is 2.10. The number of hydrogen-bond acceptors (Lipinski definition) is 5. The molecule has 0 aliphatic heterocycles. The summed E-state index contributed by atoms with van der Waals surface area (Å²) in [5, 5.41) is 7.19. The third-order valence-corrected chi connectivity index (χ3v) is 4.72. The third-order valence-electron chi connectivity index (χ3n) is 3.63. The van der Waals surface area contributed by atoms with Crippen LogP contribution >= 0.6 is 11.3 Å². The number of amides is 1. The van der Waals surface area contributed by atoms with Crippen LogP contribution in [0, 0.1) is 5.92 Å². The number of thiophene rings is 1. The number of nitrogens with one attached hydrogen (secondary N) is 2. The average Bonchev–Trinajstić information content (AvgIpc) is 3.04. The van der Waals surface area contributed by atoms with E-state index in [0.29, 0.717) is 13.1 Å². The van der Waals surface area contributed by atoms with Crippen LogP contribution in [0.15, 0.2) is 42.7 Å². The van der Waals surface area contributed by atoms with Gasteiger partial charge in [-0.3, -0.25) is 4.79 Å². The molecule has 0 fully saturated rings. The average molecular weight is 340 g/mol. The number of carbonyl (C=O) groups excluding carboxylic acids is 1. The molecule has 2 aromatic heterocycles. The van der Waals surface area contributed by atoms with E-state index in [4.69, 9.17) is 0 Å². The number of anilines is 1. The summed E-state index contributed by atoms with van der Waals surface area (Å²) in [6, 6.07) is 12.4. The molecule has 2 heterocycles. The molecule has 0 radical (unpaired) electrons. The molecule has 6 heteroatoms. The zero-order valence-electron chi connectivity index (χ0n) is 13.7. The molecule has 1 amide bonds. The van der Waals surface area contributed by atoms with E-state index in [0.717, 1.165) is 16.0 Å². The maximum absolute atomic E-state index is 11.6. The molecule has 0 spiro atoms. The SMILES string of the molecule is CC(C)C(=O)NCCNc1ncnc2sc(-c3ccccc3)cc12. The summed E-state index contributed by atoms with van der Waals surface area (Å²) in [4.78, 5) is 22.4. The molecule has 3 aromatic rings. The Hall–Kier alpha value is -2.47. The molecular weight excluding hydrogens is 320 g/mol. The van der Waals surface area contributed by atoms with Gasteiger partial charge in [-0.1, -0.05) is 44.2 Å². The largest absolute Gasteiger partial charge is 0.368 e. The Morgan fingerprint density at radius 3 is 2.71 bits per heavy atom. The lowest BCUT2D eigenvalue weighted by Gasteiger charge is -2.09. The van der Waals surface area contributed by atoms with Crippen LogP contribution in [-0.4, -0.2) is 29.0 Å². The van der Waals surface area contributed by atoms with Crippen LogP contribution in [0.3, 0.4) is 0 Å². The Balaban J connectivity index is 1.72. The molecule has 0 unspecified atom stereocenters. The van der Waals surface area contributed by atoms with Gasteiger partial charge < -0.3 is 10.6 Å². The summed E-state index contributed by atoms with van der Waals surface area (Å²) < 4.78 is 0. The van der Waals surface area contributed by atoms with Gasteiger partial charge in [0.15, 0.2) is 0 Å².